The van der Waals surface area contributed by atoms with Crippen LogP contribution in [0.3, 0.4) is 0 Å². The monoisotopic (exact) mass is 285 g/mol. The van der Waals surface area contributed by atoms with Crippen molar-refractivity contribution in [1.29, 1.82) is 0 Å². The molecule has 108 valence electrons. The standard InChI is InChI=1S/C15H15N3O3/c1-9-3-5-11(13(7-9)19-2)14-17-15(21-18-14)12-6-4-10(8-16)20-12/h3-7H,8,16H2,1-2H3. The van der Waals surface area contributed by atoms with Crippen molar-refractivity contribution < 1.29 is 13.7 Å². The highest BCUT2D eigenvalue weighted by Crippen LogP contribution is 2.30. The molecule has 0 aliphatic rings. The molecule has 6 nitrogen and oxygen atoms in total. The number of benzene rings is 1. The molecule has 0 amide bonds. The molecule has 0 aliphatic carbocycles. The highest BCUT2D eigenvalue weighted by atomic mass is 16.5. The van der Waals surface area contributed by atoms with Crippen LogP contribution in [0.25, 0.3) is 23.0 Å². The Labute approximate surface area is 121 Å². The molecule has 0 spiro atoms. The summed E-state index contributed by atoms with van der Waals surface area (Å²) in [6.07, 6.45) is 0. The number of furan rings is 1. The van der Waals surface area contributed by atoms with E-state index in [4.69, 9.17) is 19.4 Å². The Kier molecular flexibility index (Phi) is 3.45. The summed E-state index contributed by atoms with van der Waals surface area (Å²) >= 11 is 0. The lowest BCUT2D eigenvalue weighted by Gasteiger charge is -2.05. The Morgan fingerprint density at radius 2 is 2.10 bits per heavy atom. The fourth-order valence-electron chi connectivity index (χ4n) is 2.02. The topological polar surface area (TPSA) is 87.3 Å². The molecule has 21 heavy (non-hydrogen) atoms. The second-order valence-corrected chi connectivity index (χ2v) is 4.60. The van der Waals surface area contributed by atoms with Crippen LogP contribution in [0.1, 0.15) is 11.3 Å². The molecule has 0 radical (unpaired) electrons. The third-order valence-electron chi connectivity index (χ3n) is 3.10. The Morgan fingerprint density at radius 1 is 1.24 bits per heavy atom. The quantitative estimate of drug-likeness (QED) is 0.793. The van der Waals surface area contributed by atoms with Crippen molar-refractivity contribution in [2.75, 3.05) is 7.11 Å². The van der Waals surface area contributed by atoms with Crippen LogP contribution in [0.15, 0.2) is 39.3 Å². The van der Waals surface area contributed by atoms with Crippen LogP contribution in [-0.4, -0.2) is 17.3 Å². The van der Waals surface area contributed by atoms with Gasteiger partial charge in [0.15, 0.2) is 5.76 Å². The maximum absolute atomic E-state index is 5.51. The molecule has 0 atom stereocenters. The summed E-state index contributed by atoms with van der Waals surface area (Å²) in [5.74, 6) is 2.63. The minimum atomic E-state index is 0.312. The van der Waals surface area contributed by atoms with Gasteiger partial charge in [-0.15, -0.1) is 0 Å². The molecule has 6 heteroatoms. The van der Waals surface area contributed by atoms with E-state index in [0.717, 1.165) is 11.1 Å². The van der Waals surface area contributed by atoms with Crippen LogP contribution >= 0.6 is 0 Å². The molecule has 0 unspecified atom stereocenters. The molecular weight excluding hydrogens is 270 g/mol. The third kappa shape index (κ3) is 2.53. The number of hydrogen-bond acceptors (Lipinski definition) is 6. The molecule has 0 fully saturated rings. The number of rotatable bonds is 4. The van der Waals surface area contributed by atoms with Crippen molar-refractivity contribution in [3.63, 3.8) is 0 Å². The van der Waals surface area contributed by atoms with Crippen molar-refractivity contribution in [1.82, 2.24) is 10.1 Å². The fourth-order valence-corrected chi connectivity index (χ4v) is 2.02. The summed E-state index contributed by atoms with van der Waals surface area (Å²) in [7, 11) is 1.61. The van der Waals surface area contributed by atoms with E-state index in [1.165, 1.54) is 0 Å². The molecule has 0 aliphatic heterocycles. The van der Waals surface area contributed by atoms with Gasteiger partial charge in [-0.2, -0.15) is 4.98 Å². The molecule has 2 aromatic heterocycles. The minimum Gasteiger partial charge on any atom is -0.496 e. The van der Waals surface area contributed by atoms with E-state index < -0.39 is 0 Å². The predicted octanol–water partition coefficient (Wildman–Crippen LogP) is 2.77. The summed E-state index contributed by atoms with van der Waals surface area (Å²) in [4.78, 5) is 4.34. The Morgan fingerprint density at radius 3 is 2.81 bits per heavy atom. The number of nitrogens with two attached hydrogens (primary N) is 1. The lowest BCUT2D eigenvalue weighted by atomic mass is 10.1. The maximum Gasteiger partial charge on any atom is 0.293 e. The summed E-state index contributed by atoms with van der Waals surface area (Å²) in [5, 5.41) is 3.98. The van der Waals surface area contributed by atoms with Crippen LogP contribution in [0.4, 0.5) is 0 Å². The number of hydrogen-bond donors (Lipinski definition) is 1. The van der Waals surface area contributed by atoms with E-state index >= 15 is 0 Å². The van der Waals surface area contributed by atoms with Crippen LogP contribution in [0.5, 0.6) is 5.75 Å². The number of ether oxygens (including phenoxy) is 1. The third-order valence-corrected chi connectivity index (χ3v) is 3.10. The van der Waals surface area contributed by atoms with Gasteiger partial charge < -0.3 is 19.4 Å². The molecule has 2 N–H and O–H groups in total. The Bertz CT molecular complexity index is 761. The van der Waals surface area contributed by atoms with Gasteiger partial charge in [-0.05, 0) is 36.8 Å². The number of aryl methyl sites for hydroxylation is 1. The second kappa shape index (κ2) is 5.41. The molecular formula is C15H15N3O3. The van der Waals surface area contributed by atoms with Crippen LogP contribution in [0, 0.1) is 6.92 Å². The maximum atomic E-state index is 5.51. The molecule has 0 saturated heterocycles. The van der Waals surface area contributed by atoms with Crippen molar-refractivity contribution in [3.05, 3.63) is 41.7 Å². The predicted molar refractivity (Wildman–Crippen MR) is 76.6 cm³/mol. The Balaban J connectivity index is 1.98. The van der Waals surface area contributed by atoms with Gasteiger partial charge >= 0.3 is 0 Å². The number of methoxy groups -OCH3 is 1. The minimum absolute atomic E-state index is 0.312. The largest absolute Gasteiger partial charge is 0.496 e. The van der Waals surface area contributed by atoms with Gasteiger partial charge in [0.05, 0.1) is 19.2 Å². The summed E-state index contributed by atoms with van der Waals surface area (Å²) in [6, 6.07) is 9.33. The van der Waals surface area contributed by atoms with Crippen LogP contribution < -0.4 is 10.5 Å². The van der Waals surface area contributed by atoms with Gasteiger partial charge in [-0.1, -0.05) is 11.2 Å². The van der Waals surface area contributed by atoms with Gasteiger partial charge in [0.1, 0.15) is 11.5 Å². The molecule has 0 bridgehead atoms. The van der Waals surface area contributed by atoms with Gasteiger partial charge in [0.2, 0.25) is 5.82 Å². The number of aromatic nitrogens is 2. The summed E-state index contributed by atoms with van der Waals surface area (Å²) < 4.78 is 16.1. The van der Waals surface area contributed by atoms with Gasteiger partial charge in [-0.25, -0.2) is 0 Å². The fraction of sp³-hybridized carbons (Fsp3) is 0.200. The Hall–Kier alpha value is -2.60. The average Bonchev–Trinajstić information content (AvgIpc) is 3.15. The van der Waals surface area contributed by atoms with Crippen molar-refractivity contribution >= 4 is 0 Å². The highest BCUT2D eigenvalue weighted by Gasteiger charge is 2.16. The van der Waals surface area contributed by atoms with Crippen molar-refractivity contribution in [2.45, 2.75) is 13.5 Å². The normalized spacial score (nSPS) is 10.8. The van der Waals surface area contributed by atoms with E-state index in [0.29, 0.717) is 35.5 Å². The average molecular weight is 285 g/mol. The van der Waals surface area contributed by atoms with Crippen molar-refractivity contribution in [3.8, 4) is 28.8 Å². The molecule has 2 heterocycles. The van der Waals surface area contributed by atoms with Crippen LogP contribution in [-0.2, 0) is 6.54 Å². The van der Waals surface area contributed by atoms with Gasteiger partial charge in [0, 0.05) is 0 Å². The van der Waals surface area contributed by atoms with E-state index in [1.807, 2.05) is 25.1 Å². The van der Waals surface area contributed by atoms with Gasteiger partial charge in [-0.3, -0.25) is 0 Å². The highest BCUT2D eigenvalue weighted by molar-refractivity contribution is 5.65. The van der Waals surface area contributed by atoms with E-state index in [1.54, 1.807) is 19.2 Å². The molecule has 0 saturated carbocycles. The molecule has 1 aromatic carbocycles. The van der Waals surface area contributed by atoms with Crippen LogP contribution in [0.2, 0.25) is 0 Å². The SMILES string of the molecule is COc1cc(C)ccc1-c1noc(-c2ccc(CN)o2)n1. The first kappa shape index (κ1) is 13.4. The van der Waals surface area contributed by atoms with E-state index in [2.05, 4.69) is 10.1 Å². The van der Waals surface area contributed by atoms with E-state index in [9.17, 15) is 0 Å². The first-order chi connectivity index (χ1) is 10.2. The molecule has 3 rings (SSSR count). The zero-order valence-electron chi connectivity index (χ0n) is 11.8. The van der Waals surface area contributed by atoms with Crippen molar-refractivity contribution in [2.24, 2.45) is 5.73 Å². The summed E-state index contributed by atoms with van der Waals surface area (Å²) in [6.45, 7) is 2.32. The number of nitrogens with zero attached hydrogens (tertiary/aromatic N) is 2. The first-order valence-corrected chi connectivity index (χ1v) is 6.49. The van der Waals surface area contributed by atoms with E-state index in [-0.39, 0.29) is 0 Å². The lowest BCUT2D eigenvalue weighted by molar-refractivity contribution is 0.407. The second-order valence-electron chi connectivity index (χ2n) is 4.60. The zero-order chi connectivity index (χ0) is 14.8. The zero-order valence-corrected chi connectivity index (χ0v) is 11.8. The molecule has 3 aromatic rings. The summed E-state index contributed by atoms with van der Waals surface area (Å²) in [5.41, 5.74) is 7.38. The first-order valence-electron chi connectivity index (χ1n) is 6.49. The lowest BCUT2D eigenvalue weighted by Crippen LogP contribution is -1.92. The smallest absolute Gasteiger partial charge is 0.293 e. The van der Waals surface area contributed by atoms with Gasteiger partial charge in [0.25, 0.3) is 5.89 Å².